The largest absolute Gasteiger partial charge is 0.493 e. The van der Waals surface area contributed by atoms with Crippen LogP contribution in [0.4, 0.5) is 4.79 Å². The number of hydrogen-bond donors (Lipinski definition) is 4. The number of ether oxygens (including phenoxy) is 5. The fourth-order valence-electron chi connectivity index (χ4n) is 4.54. The number of benzene rings is 3. The van der Waals surface area contributed by atoms with Crippen molar-refractivity contribution in [3.05, 3.63) is 92.2 Å². The second-order valence-electron chi connectivity index (χ2n) is 9.72. The van der Waals surface area contributed by atoms with Gasteiger partial charge < -0.3 is 39.4 Å². The Balaban J connectivity index is 1.44. The Morgan fingerprint density at radius 1 is 1.07 bits per heavy atom. The van der Waals surface area contributed by atoms with Crippen LogP contribution in [0.5, 0.6) is 23.0 Å². The molecule has 3 aromatic carbocycles. The van der Waals surface area contributed by atoms with Gasteiger partial charge >= 0.3 is 12.0 Å². The van der Waals surface area contributed by atoms with Gasteiger partial charge in [-0.15, -0.1) is 0 Å². The van der Waals surface area contributed by atoms with Crippen molar-refractivity contribution in [3.63, 3.8) is 0 Å². The number of aliphatic hydroxyl groups is 1. The molecule has 3 aromatic rings. The van der Waals surface area contributed by atoms with Crippen LogP contribution in [-0.4, -0.2) is 57.0 Å². The number of carbonyl (C=O) groups is 2. The third-order valence-electron chi connectivity index (χ3n) is 6.59. The molecule has 1 aliphatic heterocycles. The first kappa shape index (κ1) is 33.4. The lowest BCUT2D eigenvalue weighted by molar-refractivity contribution is -0.136. The van der Waals surface area contributed by atoms with Crippen LogP contribution in [0.1, 0.15) is 36.6 Å². The molecule has 1 aliphatic rings. The van der Waals surface area contributed by atoms with E-state index < -0.39 is 24.3 Å². The number of esters is 1. The van der Waals surface area contributed by atoms with Crippen LogP contribution in [0, 0.1) is 3.57 Å². The predicted molar refractivity (Wildman–Crippen MR) is 175 cm³/mol. The summed E-state index contributed by atoms with van der Waals surface area (Å²) in [5.41, 5.74) is 5.56. The molecule has 4 N–H and O–H groups in total. The first-order chi connectivity index (χ1) is 21.7. The van der Waals surface area contributed by atoms with E-state index in [1.165, 1.54) is 13.3 Å². The Morgan fingerprint density at radius 3 is 2.56 bits per heavy atom. The highest BCUT2D eigenvalue weighted by atomic mass is 127. The maximum atomic E-state index is 12.5. The molecule has 0 saturated carbocycles. The molecule has 0 radical (unpaired) electrons. The van der Waals surface area contributed by atoms with Crippen LogP contribution >= 0.6 is 22.6 Å². The van der Waals surface area contributed by atoms with Gasteiger partial charge in [0, 0.05) is 14.8 Å². The third kappa shape index (κ3) is 8.79. The topological polar surface area (TPSA) is 149 Å². The van der Waals surface area contributed by atoms with Crippen LogP contribution < -0.4 is 35.0 Å². The molecule has 2 amide bonds. The molecule has 1 heterocycles. The standard InChI is InChI=1S/C32H35IN4O8/c1-5-43-25-14-21(29-28(31(39)42-4)19(2)35-32(40)36-29)11-12-24(25)44-18-27(38)37-34-16-22-13-23(33)15-26(41-3)30(22)45-17-20-9-7-6-8-10-20/h6-16,27,29,37-38H,5,17-18H2,1-4H3,(H2,35,36,40)/b34-16+/t27-,29+/m0/s1. The number of nitrogens with zero attached hydrogens (tertiary/aromatic N) is 1. The second-order valence-corrected chi connectivity index (χ2v) is 11.0. The molecule has 0 unspecified atom stereocenters. The van der Waals surface area contributed by atoms with E-state index in [2.05, 4.69) is 43.8 Å². The molecule has 4 rings (SSSR count). The summed E-state index contributed by atoms with van der Waals surface area (Å²) in [6.07, 6.45) is 0.366. The first-order valence-corrected chi connectivity index (χ1v) is 15.1. The highest BCUT2D eigenvalue weighted by molar-refractivity contribution is 14.1. The summed E-state index contributed by atoms with van der Waals surface area (Å²) >= 11 is 2.18. The number of allylic oxidation sites excluding steroid dienone is 1. The van der Waals surface area contributed by atoms with Crippen LogP contribution in [0.2, 0.25) is 0 Å². The Kier molecular flexibility index (Phi) is 11.9. The Morgan fingerprint density at radius 2 is 1.84 bits per heavy atom. The second kappa shape index (κ2) is 16.0. The van der Waals surface area contributed by atoms with Gasteiger partial charge in [0.15, 0.2) is 29.2 Å². The van der Waals surface area contributed by atoms with Gasteiger partial charge in [0.2, 0.25) is 0 Å². The molecular weight excluding hydrogens is 695 g/mol. The number of carbonyl (C=O) groups excluding carboxylic acids is 2. The molecule has 0 aromatic heterocycles. The molecule has 12 nitrogen and oxygen atoms in total. The van der Waals surface area contributed by atoms with Crippen molar-refractivity contribution < 1.29 is 38.4 Å². The van der Waals surface area contributed by atoms with Gasteiger partial charge in [0.1, 0.15) is 13.2 Å². The fourth-order valence-corrected chi connectivity index (χ4v) is 5.15. The Bertz CT molecular complexity index is 1560. The number of halogens is 1. The van der Waals surface area contributed by atoms with E-state index >= 15 is 0 Å². The maximum Gasteiger partial charge on any atom is 0.337 e. The van der Waals surface area contributed by atoms with Crippen molar-refractivity contribution in [1.82, 2.24) is 16.1 Å². The van der Waals surface area contributed by atoms with Crippen LogP contribution in [-0.2, 0) is 16.1 Å². The highest BCUT2D eigenvalue weighted by Gasteiger charge is 2.32. The summed E-state index contributed by atoms with van der Waals surface area (Å²) in [4.78, 5) is 24.7. The number of methoxy groups -OCH3 is 2. The van der Waals surface area contributed by atoms with E-state index in [1.54, 1.807) is 32.2 Å². The monoisotopic (exact) mass is 730 g/mol. The summed E-state index contributed by atoms with van der Waals surface area (Å²) in [6, 6.07) is 17.3. The van der Waals surface area contributed by atoms with Gasteiger partial charge in [-0.25, -0.2) is 9.59 Å². The number of hydrazone groups is 1. The predicted octanol–water partition coefficient (Wildman–Crippen LogP) is 4.40. The van der Waals surface area contributed by atoms with E-state index in [9.17, 15) is 14.7 Å². The molecule has 0 spiro atoms. The summed E-state index contributed by atoms with van der Waals surface area (Å²) in [5, 5.41) is 20.1. The zero-order valence-electron chi connectivity index (χ0n) is 25.3. The molecule has 13 heteroatoms. The molecule has 0 bridgehead atoms. The maximum absolute atomic E-state index is 12.5. The first-order valence-electron chi connectivity index (χ1n) is 14.0. The number of rotatable bonds is 14. The normalized spacial score (nSPS) is 15.2. The lowest BCUT2D eigenvalue weighted by Crippen LogP contribution is -2.45. The SMILES string of the molecule is CCOc1cc([C@H]2NC(=O)NC(C)=C2C(=O)OC)ccc1OC[C@H](O)N/N=C/c1cc(I)cc(OC)c1OCc1ccccc1. The van der Waals surface area contributed by atoms with Crippen molar-refractivity contribution in [3.8, 4) is 23.0 Å². The van der Waals surface area contributed by atoms with E-state index in [4.69, 9.17) is 23.7 Å². The van der Waals surface area contributed by atoms with E-state index in [0.717, 1.165) is 9.13 Å². The van der Waals surface area contributed by atoms with Crippen molar-refractivity contribution in [1.29, 1.82) is 0 Å². The molecule has 0 saturated heterocycles. The van der Waals surface area contributed by atoms with Gasteiger partial charge in [-0.3, -0.25) is 5.43 Å². The van der Waals surface area contributed by atoms with Gasteiger partial charge in [-0.05, 0) is 71.8 Å². The molecule has 0 fully saturated rings. The van der Waals surface area contributed by atoms with Crippen LogP contribution in [0.25, 0.3) is 0 Å². The van der Waals surface area contributed by atoms with Gasteiger partial charge in [-0.1, -0.05) is 36.4 Å². The minimum absolute atomic E-state index is 0.166. The lowest BCUT2D eigenvalue weighted by atomic mass is 9.95. The highest BCUT2D eigenvalue weighted by Crippen LogP contribution is 2.35. The van der Waals surface area contributed by atoms with Gasteiger partial charge in [0.25, 0.3) is 0 Å². The van der Waals surface area contributed by atoms with Crippen molar-refractivity contribution in [2.24, 2.45) is 5.10 Å². The zero-order valence-corrected chi connectivity index (χ0v) is 27.4. The summed E-state index contributed by atoms with van der Waals surface area (Å²) < 4.78 is 29.1. The summed E-state index contributed by atoms with van der Waals surface area (Å²) in [7, 11) is 2.85. The number of amides is 2. The summed E-state index contributed by atoms with van der Waals surface area (Å²) in [5.74, 6) is 1.22. The van der Waals surface area contributed by atoms with Crippen molar-refractivity contribution >= 4 is 40.8 Å². The van der Waals surface area contributed by atoms with E-state index in [-0.39, 0.29) is 12.2 Å². The number of urea groups is 1. The van der Waals surface area contributed by atoms with Crippen LogP contribution in [0.3, 0.4) is 0 Å². The molecule has 45 heavy (non-hydrogen) atoms. The van der Waals surface area contributed by atoms with Crippen LogP contribution in [0.15, 0.2) is 77.0 Å². The lowest BCUT2D eigenvalue weighted by Gasteiger charge is -2.28. The zero-order chi connectivity index (χ0) is 32.3. The van der Waals surface area contributed by atoms with Gasteiger partial charge in [0.05, 0.1) is 38.7 Å². The molecular formula is C32H35IN4O8. The molecule has 0 aliphatic carbocycles. The van der Waals surface area contributed by atoms with Crippen molar-refractivity contribution in [2.45, 2.75) is 32.7 Å². The number of hydrogen-bond acceptors (Lipinski definition) is 10. The molecule has 238 valence electrons. The van der Waals surface area contributed by atoms with Gasteiger partial charge in [-0.2, -0.15) is 5.10 Å². The molecule has 2 atom stereocenters. The smallest absolute Gasteiger partial charge is 0.337 e. The number of nitrogens with one attached hydrogen (secondary N) is 3. The summed E-state index contributed by atoms with van der Waals surface area (Å²) in [6.45, 7) is 3.95. The van der Waals surface area contributed by atoms with E-state index in [0.29, 0.717) is 53.0 Å². The average molecular weight is 731 g/mol. The minimum Gasteiger partial charge on any atom is -0.493 e. The van der Waals surface area contributed by atoms with Crippen molar-refractivity contribution in [2.75, 3.05) is 27.4 Å². The fraction of sp³-hybridized carbons (Fsp3) is 0.281. The minimum atomic E-state index is -1.17. The average Bonchev–Trinajstić information content (AvgIpc) is 3.03. The number of aliphatic hydroxyl groups excluding tert-OH is 1. The third-order valence-corrected chi connectivity index (χ3v) is 7.22. The quantitative estimate of drug-likeness (QED) is 0.0623. The Hall–Kier alpha value is -4.50. The Labute approximate surface area is 274 Å². The van der Waals surface area contributed by atoms with E-state index in [1.807, 2.05) is 49.4 Å².